The standard InChI is InChI=1S/C24H34N4O2S.HI/c1-25-24(26-15-14-20-10-12-23(13-11-20)31(2,29)30)27-18-21-8-4-5-9-22(21)19-28-16-6-3-7-17-28;/h4-5,8-13H,3,6-7,14-19H2,1-2H3,(H2,25,26,27);1H. The van der Waals surface area contributed by atoms with Gasteiger partial charge < -0.3 is 10.6 Å². The van der Waals surface area contributed by atoms with Crippen LogP contribution in [0.4, 0.5) is 0 Å². The first-order valence-electron chi connectivity index (χ1n) is 11.0. The number of halogens is 1. The van der Waals surface area contributed by atoms with Crippen LogP contribution in [0.15, 0.2) is 58.4 Å². The minimum Gasteiger partial charge on any atom is -0.356 e. The molecule has 6 nitrogen and oxygen atoms in total. The van der Waals surface area contributed by atoms with E-state index in [9.17, 15) is 8.42 Å². The van der Waals surface area contributed by atoms with Crippen LogP contribution in [0, 0.1) is 0 Å². The van der Waals surface area contributed by atoms with Gasteiger partial charge in [0.15, 0.2) is 15.8 Å². The molecular formula is C24H35IN4O2S. The maximum absolute atomic E-state index is 11.6. The number of nitrogens with one attached hydrogen (secondary N) is 2. The summed E-state index contributed by atoms with van der Waals surface area (Å²) in [6.45, 7) is 4.83. The molecule has 2 N–H and O–H groups in total. The van der Waals surface area contributed by atoms with Gasteiger partial charge in [0.05, 0.1) is 4.90 Å². The Bertz CT molecular complexity index is 972. The molecule has 2 aromatic carbocycles. The van der Waals surface area contributed by atoms with E-state index >= 15 is 0 Å². The van der Waals surface area contributed by atoms with Crippen LogP contribution in [-0.4, -0.2) is 52.2 Å². The number of hydrogen-bond donors (Lipinski definition) is 2. The van der Waals surface area contributed by atoms with Crippen molar-refractivity contribution >= 4 is 39.8 Å². The van der Waals surface area contributed by atoms with Gasteiger partial charge in [-0.2, -0.15) is 0 Å². The van der Waals surface area contributed by atoms with Gasteiger partial charge >= 0.3 is 0 Å². The molecule has 0 unspecified atom stereocenters. The number of likely N-dealkylation sites (tertiary alicyclic amines) is 1. The SMILES string of the molecule is CN=C(NCCc1ccc(S(C)(=O)=O)cc1)NCc1ccccc1CN1CCCCC1.I. The van der Waals surface area contributed by atoms with Gasteiger partial charge in [-0.15, -0.1) is 24.0 Å². The van der Waals surface area contributed by atoms with Crippen molar-refractivity contribution in [1.29, 1.82) is 0 Å². The molecule has 3 rings (SSSR count). The second-order valence-electron chi connectivity index (χ2n) is 8.12. The molecule has 1 aliphatic rings. The fourth-order valence-corrected chi connectivity index (χ4v) is 4.50. The molecule has 1 fully saturated rings. The van der Waals surface area contributed by atoms with Crippen molar-refractivity contribution in [2.45, 2.75) is 43.7 Å². The zero-order valence-corrected chi connectivity index (χ0v) is 22.2. The first-order valence-corrected chi connectivity index (χ1v) is 12.9. The Labute approximate surface area is 209 Å². The van der Waals surface area contributed by atoms with Crippen molar-refractivity contribution in [2.75, 3.05) is 32.9 Å². The van der Waals surface area contributed by atoms with Crippen LogP contribution in [0.5, 0.6) is 0 Å². The number of guanidine groups is 1. The topological polar surface area (TPSA) is 73.8 Å². The summed E-state index contributed by atoms with van der Waals surface area (Å²) in [5.74, 6) is 0.764. The third-order valence-electron chi connectivity index (χ3n) is 5.69. The van der Waals surface area contributed by atoms with Crippen molar-refractivity contribution in [1.82, 2.24) is 15.5 Å². The normalized spacial score (nSPS) is 15.1. The molecule has 1 heterocycles. The minimum atomic E-state index is -3.15. The van der Waals surface area contributed by atoms with Crippen molar-refractivity contribution < 1.29 is 8.42 Å². The Morgan fingerprint density at radius 1 is 0.969 bits per heavy atom. The summed E-state index contributed by atoms with van der Waals surface area (Å²) in [4.78, 5) is 7.23. The van der Waals surface area contributed by atoms with E-state index in [4.69, 9.17) is 0 Å². The highest BCUT2D eigenvalue weighted by Crippen LogP contribution is 2.16. The summed E-state index contributed by atoms with van der Waals surface area (Å²) in [5.41, 5.74) is 3.76. The molecular weight excluding hydrogens is 535 g/mol. The van der Waals surface area contributed by atoms with Crippen LogP contribution >= 0.6 is 24.0 Å². The Kier molecular flexibility index (Phi) is 10.9. The number of sulfone groups is 1. The summed E-state index contributed by atoms with van der Waals surface area (Å²) in [7, 11) is -1.38. The molecule has 0 saturated carbocycles. The molecule has 0 aromatic heterocycles. The Hall–Kier alpha value is -1.65. The zero-order chi connectivity index (χ0) is 22.1. The predicted octanol–water partition coefficient (Wildman–Crippen LogP) is 3.60. The average molecular weight is 571 g/mol. The second-order valence-corrected chi connectivity index (χ2v) is 10.1. The molecule has 1 aliphatic heterocycles. The monoisotopic (exact) mass is 570 g/mol. The number of piperidine rings is 1. The quantitative estimate of drug-likeness (QED) is 0.288. The highest BCUT2D eigenvalue weighted by atomic mass is 127. The summed E-state index contributed by atoms with van der Waals surface area (Å²) in [6, 6.07) is 15.7. The number of nitrogens with zero attached hydrogens (tertiary/aromatic N) is 2. The van der Waals surface area contributed by atoms with Crippen molar-refractivity contribution in [3.8, 4) is 0 Å². The molecule has 0 aliphatic carbocycles. The van der Waals surface area contributed by atoms with Gasteiger partial charge in [-0.3, -0.25) is 9.89 Å². The fraction of sp³-hybridized carbons (Fsp3) is 0.458. The van der Waals surface area contributed by atoms with E-state index in [1.54, 1.807) is 19.2 Å². The predicted molar refractivity (Wildman–Crippen MR) is 142 cm³/mol. The van der Waals surface area contributed by atoms with E-state index < -0.39 is 9.84 Å². The summed E-state index contributed by atoms with van der Waals surface area (Å²) < 4.78 is 23.1. The van der Waals surface area contributed by atoms with Gasteiger partial charge in [0.2, 0.25) is 0 Å². The number of rotatable bonds is 8. The van der Waals surface area contributed by atoms with Gasteiger partial charge in [0.25, 0.3) is 0 Å². The lowest BCUT2D eigenvalue weighted by molar-refractivity contribution is 0.220. The Morgan fingerprint density at radius 2 is 1.62 bits per heavy atom. The molecule has 0 spiro atoms. The third kappa shape index (κ3) is 8.37. The van der Waals surface area contributed by atoms with E-state index in [2.05, 4.69) is 44.8 Å². The van der Waals surface area contributed by atoms with Crippen LogP contribution in [0.1, 0.15) is 36.0 Å². The molecule has 176 valence electrons. The van der Waals surface area contributed by atoms with Gasteiger partial charge in [-0.05, 0) is 61.2 Å². The molecule has 0 amide bonds. The molecule has 32 heavy (non-hydrogen) atoms. The van der Waals surface area contributed by atoms with Crippen LogP contribution < -0.4 is 10.6 Å². The second kappa shape index (κ2) is 13.2. The van der Waals surface area contributed by atoms with Gasteiger partial charge in [0.1, 0.15) is 0 Å². The molecule has 0 bridgehead atoms. The van der Waals surface area contributed by atoms with Crippen LogP contribution in [0.3, 0.4) is 0 Å². The lowest BCUT2D eigenvalue weighted by atomic mass is 10.0. The van der Waals surface area contributed by atoms with E-state index in [-0.39, 0.29) is 24.0 Å². The van der Waals surface area contributed by atoms with E-state index in [1.165, 1.54) is 49.7 Å². The molecule has 2 aromatic rings. The summed E-state index contributed by atoms with van der Waals surface area (Å²) in [5, 5.41) is 6.76. The smallest absolute Gasteiger partial charge is 0.191 e. The molecule has 0 atom stereocenters. The first-order chi connectivity index (χ1) is 15.0. The maximum Gasteiger partial charge on any atom is 0.191 e. The highest BCUT2D eigenvalue weighted by Gasteiger charge is 2.12. The van der Waals surface area contributed by atoms with E-state index in [1.807, 2.05) is 12.1 Å². The van der Waals surface area contributed by atoms with Crippen molar-refractivity contribution in [2.24, 2.45) is 4.99 Å². The van der Waals surface area contributed by atoms with Gasteiger partial charge in [-0.25, -0.2) is 8.42 Å². The largest absolute Gasteiger partial charge is 0.356 e. The van der Waals surface area contributed by atoms with Gasteiger partial charge in [-0.1, -0.05) is 42.8 Å². The number of aliphatic imine (C=N–C) groups is 1. The lowest BCUT2D eigenvalue weighted by Crippen LogP contribution is -2.38. The lowest BCUT2D eigenvalue weighted by Gasteiger charge is -2.27. The minimum absolute atomic E-state index is 0. The third-order valence-corrected chi connectivity index (χ3v) is 6.82. The molecule has 8 heteroatoms. The van der Waals surface area contributed by atoms with Crippen LogP contribution in [0.2, 0.25) is 0 Å². The number of hydrogen-bond acceptors (Lipinski definition) is 4. The number of benzene rings is 2. The Morgan fingerprint density at radius 3 is 2.25 bits per heavy atom. The van der Waals surface area contributed by atoms with Crippen molar-refractivity contribution in [3.05, 3.63) is 65.2 Å². The average Bonchev–Trinajstić information content (AvgIpc) is 2.77. The van der Waals surface area contributed by atoms with Crippen LogP contribution in [-0.2, 0) is 29.3 Å². The zero-order valence-electron chi connectivity index (χ0n) is 19.0. The highest BCUT2D eigenvalue weighted by molar-refractivity contribution is 14.0. The summed E-state index contributed by atoms with van der Waals surface area (Å²) >= 11 is 0. The first kappa shape index (κ1) is 26.6. The van der Waals surface area contributed by atoms with Gasteiger partial charge in [0, 0.05) is 32.9 Å². The summed E-state index contributed by atoms with van der Waals surface area (Å²) in [6.07, 6.45) is 5.96. The van der Waals surface area contributed by atoms with Crippen molar-refractivity contribution in [3.63, 3.8) is 0 Å². The van der Waals surface area contributed by atoms with E-state index in [0.717, 1.165) is 31.0 Å². The maximum atomic E-state index is 11.6. The Balaban J connectivity index is 0.00000363. The van der Waals surface area contributed by atoms with Crippen LogP contribution in [0.25, 0.3) is 0 Å². The molecule has 0 radical (unpaired) electrons. The fourth-order valence-electron chi connectivity index (χ4n) is 3.87. The van der Waals surface area contributed by atoms with E-state index in [0.29, 0.717) is 11.4 Å². The molecule has 1 saturated heterocycles.